The number of carbonyl (C=O) groups is 1. The van der Waals surface area contributed by atoms with Gasteiger partial charge >= 0.3 is 0 Å². The summed E-state index contributed by atoms with van der Waals surface area (Å²) < 4.78 is 5.94. The average Bonchev–Trinajstić information content (AvgIpc) is 3.14. The molecule has 1 aliphatic carbocycles. The maximum absolute atomic E-state index is 12.7. The van der Waals surface area contributed by atoms with Crippen molar-refractivity contribution in [2.24, 2.45) is 5.73 Å². The van der Waals surface area contributed by atoms with Crippen LogP contribution in [-0.2, 0) is 0 Å². The molecular formula is C17H20ClN3O2. The maximum Gasteiger partial charge on any atom is 0.276 e. The highest BCUT2D eigenvalue weighted by atomic mass is 35.5. The third-order valence-corrected chi connectivity index (χ3v) is 4.34. The first kappa shape index (κ1) is 16.0. The van der Waals surface area contributed by atoms with Gasteiger partial charge in [0.2, 0.25) is 5.89 Å². The zero-order chi connectivity index (χ0) is 15.1. The normalized spacial score (nSPS) is 20.4. The van der Waals surface area contributed by atoms with Crippen LogP contribution in [0.3, 0.4) is 0 Å². The van der Waals surface area contributed by atoms with Crippen molar-refractivity contribution in [3.05, 3.63) is 41.8 Å². The Kier molecular flexibility index (Phi) is 4.41. The smallest absolute Gasteiger partial charge is 0.276 e. The topological polar surface area (TPSA) is 72.4 Å². The van der Waals surface area contributed by atoms with Crippen molar-refractivity contribution in [2.75, 3.05) is 13.1 Å². The van der Waals surface area contributed by atoms with Crippen LogP contribution in [0.25, 0.3) is 11.5 Å². The Morgan fingerprint density at radius 1 is 1.22 bits per heavy atom. The van der Waals surface area contributed by atoms with E-state index in [1.165, 1.54) is 0 Å². The Labute approximate surface area is 141 Å². The Balaban J connectivity index is 0.00000156. The molecule has 2 fully saturated rings. The first-order valence-corrected chi connectivity index (χ1v) is 7.83. The van der Waals surface area contributed by atoms with Gasteiger partial charge in [-0.1, -0.05) is 18.2 Å². The molecule has 122 valence electrons. The molecule has 1 aromatic carbocycles. The fourth-order valence-corrected chi connectivity index (χ4v) is 2.93. The summed E-state index contributed by atoms with van der Waals surface area (Å²) in [6.45, 7) is 1.31. The molecule has 0 radical (unpaired) electrons. The van der Waals surface area contributed by atoms with Crippen molar-refractivity contribution in [3.8, 4) is 11.5 Å². The van der Waals surface area contributed by atoms with E-state index < -0.39 is 0 Å². The molecule has 0 unspecified atom stereocenters. The van der Waals surface area contributed by atoms with E-state index in [1.54, 1.807) is 4.90 Å². The molecule has 5 nitrogen and oxygen atoms in total. The number of hydrogen-bond donors (Lipinski definition) is 1. The Morgan fingerprint density at radius 3 is 2.57 bits per heavy atom. The fraction of sp³-hybridized carbons (Fsp3) is 0.412. The Hall–Kier alpha value is -1.85. The number of halogens is 1. The van der Waals surface area contributed by atoms with Gasteiger partial charge < -0.3 is 15.1 Å². The predicted octanol–water partition coefficient (Wildman–Crippen LogP) is 2.81. The number of benzene rings is 1. The van der Waals surface area contributed by atoms with Gasteiger partial charge in [0.1, 0.15) is 5.76 Å². The van der Waals surface area contributed by atoms with E-state index >= 15 is 0 Å². The third-order valence-electron chi connectivity index (χ3n) is 4.34. The number of amides is 1. The molecule has 1 aromatic heterocycles. The lowest BCUT2D eigenvalue weighted by atomic mass is 10.2. The standard InChI is InChI=1S/C17H19N3O2.ClH/c18-13-8-9-20(10-13)17(21)14-15(11-6-7-11)22-16(19-14)12-4-2-1-3-5-12;/h1-5,11,13H,6-10,18H2;1H/t13-;/m0./s1. The number of aromatic nitrogens is 1. The minimum atomic E-state index is -0.0409. The second kappa shape index (κ2) is 6.34. The van der Waals surface area contributed by atoms with Gasteiger partial charge in [-0.2, -0.15) is 0 Å². The molecule has 1 aliphatic heterocycles. The molecule has 6 heteroatoms. The molecule has 0 bridgehead atoms. The monoisotopic (exact) mass is 333 g/mol. The molecule has 1 atom stereocenters. The third kappa shape index (κ3) is 3.12. The van der Waals surface area contributed by atoms with E-state index in [1.807, 2.05) is 30.3 Å². The van der Waals surface area contributed by atoms with Crippen LogP contribution in [-0.4, -0.2) is 34.9 Å². The molecule has 1 amide bonds. The van der Waals surface area contributed by atoms with Gasteiger partial charge in [-0.15, -0.1) is 12.4 Å². The lowest BCUT2D eigenvalue weighted by Gasteiger charge is -2.14. The maximum atomic E-state index is 12.7. The average molecular weight is 334 g/mol. The van der Waals surface area contributed by atoms with Gasteiger partial charge in [-0.25, -0.2) is 4.98 Å². The van der Waals surface area contributed by atoms with Crippen molar-refractivity contribution in [2.45, 2.75) is 31.2 Å². The highest BCUT2D eigenvalue weighted by Crippen LogP contribution is 2.43. The summed E-state index contributed by atoms with van der Waals surface area (Å²) in [6, 6.07) is 9.81. The van der Waals surface area contributed by atoms with Crippen LogP contribution >= 0.6 is 12.4 Å². The number of rotatable bonds is 3. The summed E-state index contributed by atoms with van der Waals surface area (Å²) in [4.78, 5) is 19.0. The molecule has 4 rings (SSSR count). The zero-order valence-corrected chi connectivity index (χ0v) is 13.6. The Bertz CT molecular complexity index is 697. The van der Waals surface area contributed by atoms with E-state index in [4.69, 9.17) is 10.2 Å². The van der Waals surface area contributed by atoms with Gasteiger partial charge in [0, 0.05) is 30.6 Å². The largest absolute Gasteiger partial charge is 0.440 e. The number of likely N-dealkylation sites (tertiary alicyclic amines) is 1. The molecule has 2 aliphatic rings. The number of oxazole rings is 1. The van der Waals surface area contributed by atoms with Crippen LogP contribution in [0.15, 0.2) is 34.7 Å². The first-order chi connectivity index (χ1) is 10.7. The molecule has 2 N–H and O–H groups in total. The van der Waals surface area contributed by atoms with Gasteiger partial charge in [-0.05, 0) is 31.4 Å². The van der Waals surface area contributed by atoms with E-state index in [9.17, 15) is 4.79 Å². The molecule has 0 spiro atoms. The van der Waals surface area contributed by atoms with Crippen LogP contribution in [0.1, 0.15) is 41.4 Å². The fourth-order valence-electron chi connectivity index (χ4n) is 2.93. The lowest BCUT2D eigenvalue weighted by Crippen LogP contribution is -2.32. The van der Waals surface area contributed by atoms with Crippen molar-refractivity contribution in [3.63, 3.8) is 0 Å². The van der Waals surface area contributed by atoms with Gasteiger partial charge in [-0.3, -0.25) is 4.79 Å². The highest BCUT2D eigenvalue weighted by Gasteiger charge is 2.36. The van der Waals surface area contributed by atoms with Gasteiger partial charge in [0.25, 0.3) is 5.91 Å². The summed E-state index contributed by atoms with van der Waals surface area (Å²) in [5.41, 5.74) is 7.30. The number of carbonyl (C=O) groups excluding carboxylic acids is 1. The predicted molar refractivity (Wildman–Crippen MR) is 89.7 cm³/mol. The van der Waals surface area contributed by atoms with E-state index in [-0.39, 0.29) is 24.4 Å². The summed E-state index contributed by atoms with van der Waals surface area (Å²) in [7, 11) is 0. The van der Waals surface area contributed by atoms with Gasteiger partial charge in [0.15, 0.2) is 5.69 Å². The number of hydrogen-bond acceptors (Lipinski definition) is 4. The van der Waals surface area contributed by atoms with E-state index in [0.717, 1.165) is 30.6 Å². The van der Waals surface area contributed by atoms with Crippen LogP contribution in [0.4, 0.5) is 0 Å². The summed E-state index contributed by atoms with van der Waals surface area (Å²) >= 11 is 0. The zero-order valence-electron chi connectivity index (χ0n) is 12.8. The minimum absolute atomic E-state index is 0. The summed E-state index contributed by atoms with van der Waals surface area (Å²) in [5, 5.41) is 0. The summed E-state index contributed by atoms with van der Waals surface area (Å²) in [6.07, 6.45) is 3.00. The molecule has 2 aromatic rings. The van der Waals surface area contributed by atoms with Crippen molar-refractivity contribution in [1.29, 1.82) is 0 Å². The lowest BCUT2D eigenvalue weighted by molar-refractivity contribution is 0.0783. The SMILES string of the molecule is Cl.N[C@H]1CCN(C(=O)c2nc(-c3ccccc3)oc2C2CC2)C1. The first-order valence-electron chi connectivity index (χ1n) is 7.83. The van der Waals surface area contributed by atoms with Crippen molar-refractivity contribution >= 4 is 18.3 Å². The molecule has 1 saturated heterocycles. The number of nitrogens with two attached hydrogens (primary N) is 1. The quantitative estimate of drug-likeness (QED) is 0.937. The van der Waals surface area contributed by atoms with E-state index in [2.05, 4.69) is 4.98 Å². The summed E-state index contributed by atoms with van der Waals surface area (Å²) in [5.74, 6) is 1.60. The molecule has 23 heavy (non-hydrogen) atoms. The van der Waals surface area contributed by atoms with Crippen molar-refractivity contribution < 1.29 is 9.21 Å². The molecular weight excluding hydrogens is 314 g/mol. The highest BCUT2D eigenvalue weighted by molar-refractivity contribution is 5.94. The number of nitrogens with zero attached hydrogens (tertiary/aromatic N) is 2. The molecule has 2 heterocycles. The van der Waals surface area contributed by atoms with Crippen LogP contribution in [0.2, 0.25) is 0 Å². The second-order valence-electron chi connectivity index (χ2n) is 6.17. The van der Waals surface area contributed by atoms with Gasteiger partial charge in [0.05, 0.1) is 0 Å². The van der Waals surface area contributed by atoms with Crippen LogP contribution in [0, 0.1) is 0 Å². The molecule has 1 saturated carbocycles. The minimum Gasteiger partial charge on any atom is -0.440 e. The van der Waals surface area contributed by atoms with Crippen molar-refractivity contribution in [1.82, 2.24) is 9.88 Å². The second-order valence-corrected chi connectivity index (χ2v) is 6.17. The van der Waals surface area contributed by atoms with Crippen LogP contribution in [0.5, 0.6) is 0 Å². The Morgan fingerprint density at radius 2 is 1.96 bits per heavy atom. The van der Waals surface area contributed by atoms with Crippen LogP contribution < -0.4 is 5.73 Å². The van der Waals surface area contributed by atoms with E-state index in [0.29, 0.717) is 30.6 Å².